The van der Waals surface area contributed by atoms with E-state index in [1.165, 1.54) is 17.3 Å². The third kappa shape index (κ3) is 3.38. The molecule has 1 aromatic carbocycles. The van der Waals surface area contributed by atoms with Crippen molar-refractivity contribution in [1.82, 2.24) is 10.2 Å². The van der Waals surface area contributed by atoms with Crippen LogP contribution in [-0.2, 0) is 4.79 Å². The van der Waals surface area contributed by atoms with Crippen molar-refractivity contribution in [3.05, 3.63) is 41.1 Å². The molecule has 0 aliphatic rings. The number of benzene rings is 1. The van der Waals surface area contributed by atoms with Crippen molar-refractivity contribution in [2.24, 2.45) is 0 Å². The summed E-state index contributed by atoms with van der Waals surface area (Å²) in [6.45, 7) is 5.91. The summed E-state index contributed by atoms with van der Waals surface area (Å²) in [5, 5.41) is 9.73. The molecule has 1 amide bonds. The smallest absolute Gasteiger partial charge is 0.235 e. The second kappa shape index (κ2) is 5.93. The minimum absolute atomic E-state index is 0.0390. The summed E-state index contributed by atoms with van der Waals surface area (Å²) < 4.78 is 0. The molecule has 0 unspecified atom stereocenters. The van der Waals surface area contributed by atoms with Gasteiger partial charge in [-0.25, -0.2) is 0 Å². The Balaban J connectivity index is 1.92. The van der Waals surface area contributed by atoms with Crippen LogP contribution in [-0.4, -0.2) is 21.9 Å². The molecule has 2 aromatic rings. The molecular formula is C14H17N3OS. The van der Waals surface area contributed by atoms with Gasteiger partial charge in [-0.3, -0.25) is 9.89 Å². The maximum Gasteiger partial charge on any atom is 0.235 e. The number of hydrogen-bond donors (Lipinski definition) is 2. The average Bonchev–Trinajstić information content (AvgIpc) is 2.70. The molecule has 5 heteroatoms. The van der Waals surface area contributed by atoms with Gasteiger partial charge in [0, 0.05) is 16.2 Å². The maximum absolute atomic E-state index is 11.9. The van der Waals surface area contributed by atoms with Gasteiger partial charge in [0.15, 0.2) is 5.82 Å². The molecular weight excluding hydrogens is 258 g/mol. The first-order valence-corrected chi connectivity index (χ1v) is 7.06. The number of rotatable bonds is 4. The number of carbonyl (C=O) groups excluding carboxylic acids is 1. The zero-order valence-corrected chi connectivity index (χ0v) is 12.1. The summed E-state index contributed by atoms with van der Waals surface area (Å²) in [5.41, 5.74) is 3.14. The van der Waals surface area contributed by atoms with E-state index < -0.39 is 0 Å². The minimum atomic E-state index is -0.0390. The molecule has 19 heavy (non-hydrogen) atoms. The fourth-order valence-electron chi connectivity index (χ4n) is 1.64. The molecule has 0 bridgehead atoms. The third-order valence-electron chi connectivity index (χ3n) is 2.96. The molecule has 0 aliphatic heterocycles. The number of thioether (sulfide) groups is 1. The number of anilines is 1. The molecule has 0 saturated carbocycles. The number of aromatic amines is 1. The number of aryl methyl sites for hydroxylation is 2. The van der Waals surface area contributed by atoms with Gasteiger partial charge in [-0.1, -0.05) is 18.2 Å². The van der Waals surface area contributed by atoms with E-state index in [0.717, 1.165) is 16.2 Å². The van der Waals surface area contributed by atoms with Gasteiger partial charge in [0.25, 0.3) is 0 Å². The highest BCUT2D eigenvalue weighted by atomic mass is 32.2. The van der Waals surface area contributed by atoms with Crippen molar-refractivity contribution >= 4 is 23.5 Å². The Hall–Kier alpha value is -1.75. The molecule has 0 radical (unpaired) electrons. The van der Waals surface area contributed by atoms with Crippen molar-refractivity contribution in [3.8, 4) is 0 Å². The normalized spacial score (nSPS) is 10.5. The van der Waals surface area contributed by atoms with Gasteiger partial charge >= 0.3 is 0 Å². The number of H-pyrrole nitrogens is 1. The van der Waals surface area contributed by atoms with E-state index in [2.05, 4.69) is 15.5 Å². The molecule has 0 saturated heterocycles. The quantitative estimate of drug-likeness (QED) is 0.843. The lowest BCUT2D eigenvalue weighted by atomic mass is 10.2. The zero-order valence-electron chi connectivity index (χ0n) is 11.3. The van der Waals surface area contributed by atoms with Gasteiger partial charge < -0.3 is 5.32 Å². The highest BCUT2D eigenvalue weighted by Gasteiger charge is 2.10. The van der Waals surface area contributed by atoms with E-state index in [-0.39, 0.29) is 5.91 Å². The van der Waals surface area contributed by atoms with Crippen molar-refractivity contribution in [3.63, 3.8) is 0 Å². The first-order valence-electron chi connectivity index (χ1n) is 6.08. The van der Waals surface area contributed by atoms with E-state index in [1.54, 1.807) is 0 Å². The molecule has 2 rings (SSSR count). The number of nitrogens with zero attached hydrogens (tertiary/aromatic N) is 1. The molecule has 4 nitrogen and oxygen atoms in total. The highest BCUT2D eigenvalue weighted by molar-refractivity contribution is 8.00. The standard InChI is InChI=1S/C14H17N3OS/c1-9-6-4-5-7-12(9)19-8-13(18)15-14-10(2)11(3)16-17-14/h4-7H,8H2,1-3H3,(H2,15,16,17,18). The molecule has 100 valence electrons. The third-order valence-corrected chi connectivity index (χ3v) is 4.14. The van der Waals surface area contributed by atoms with Gasteiger partial charge in [-0.05, 0) is 32.4 Å². The van der Waals surface area contributed by atoms with E-state index in [4.69, 9.17) is 0 Å². The summed E-state index contributed by atoms with van der Waals surface area (Å²) in [6.07, 6.45) is 0. The Morgan fingerprint density at radius 3 is 2.68 bits per heavy atom. The van der Waals surface area contributed by atoms with Crippen LogP contribution in [0.2, 0.25) is 0 Å². The van der Waals surface area contributed by atoms with E-state index in [0.29, 0.717) is 11.6 Å². The SMILES string of the molecule is Cc1ccccc1SCC(=O)Nc1n[nH]c(C)c1C. The van der Waals surface area contributed by atoms with Crippen LogP contribution in [0.5, 0.6) is 0 Å². The monoisotopic (exact) mass is 275 g/mol. The predicted molar refractivity (Wildman–Crippen MR) is 78.6 cm³/mol. The average molecular weight is 275 g/mol. The Labute approximate surface area is 117 Å². The van der Waals surface area contributed by atoms with Crippen LogP contribution < -0.4 is 5.32 Å². The lowest BCUT2D eigenvalue weighted by Gasteiger charge is -2.05. The maximum atomic E-state index is 11.9. The lowest BCUT2D eigenvalue weighted by Crippen LogP contribution is -2.15. The fourth-order valence-corrected chi connectivity index (χ4v) is 2.47. The summed E-state index contributed by atoms with van der Waals surface area (Å²) in [6, 6.07) is 8.04. The van der Waals surface area contributed by atoms with E-state index >= 15 is 0 Å². The van der Waals surface area contributed by atoms with Crippen LogP contribution in [0.4, 0.5) is 5.82 Å². The van der Waals surface area contributed by atoms with Gasteiger partial charge in [0.1, 0.15) is 0 Å². The largest absolute Gasteiger partial charge is 0.308 e. The number of nitrogens with one attached hydrogen (secondary N) is 2. The second-order valence-electron chi connectivity index (χ2n) is 4.42. The minimum Gasteiger partial charge on any atom is -0.308 e. The van der Waals surface area contributed by atoms with Crippen LogP contribution in [0.3, 0.4) is 0 Å². The Bertz CT molecular complexity index is 592. The highest BCUT2D eigenvalue weighted by Crippen LogP contribution is 2.22. The molecule has 0 fully saturated rings. The van der Waals surface area contributed by atoms with E-state index in [9.17, 15) is 4.79 Å². The molecule has 0 aliphatic carbocycles. The summed E-state index contributed by atoms with van der Waals surface area (Å²) in [4.78, 5) is 13.0. The van der Waals surface area contributed by atoms with Crippen molar-refractivity contribution < 1.29 is 4.79 Å². The number of aromatic nitrogens is 2. The van der Waals surface area contributed by atoms with Gasteiger partial charge in [0.2, 0.25) is 5.91 Å². The molecule has 1 heterocycles. The Kier molecular flexibility index (Phi) is 4.27. The molecule has 1 aromatic heterocycles. The number of amides is 1. The summed E-state index contributed by atoms with van der Waals surface area (Å²) in [7, 11) is 0. The topological polar surface area (TPSA) is 57.8 Å². The molecule has 2 N–H and O–H groups in total. The number of carbonyl (C=O) groups is 1. The zero-order chi connectivity index (χ0) is 13.8. The first-order chi connectivity index (χ1) is 9.08. The Morgan fingerprint density at radius 2 is 2.05 bits per heavy atom. The van der Waals surface area contributed by atoms with Crippen LogP contribution in [0.1, 0.15) is 16.8 Å². The summed E-state index contributed by atoms with van der Waals surface area (Å²) in [5.74, 6) is 0.965. The first kappa shape index (κ1) is 13.7. The van der Waals surface area contributed by atoms with Crippen molar-refractivity contribution in [2.45, 2.75) is 25.7 Å². The van der Waals surface area contributed by atoms with Crippen LogP contribution in [0.15, 0.2) is 29.2 Å². The van der Waals surface area contributed by atoms with E-state index in [1.807, 2.05) is 45.0 Å². The molecule has 0 atom stereocenters. The van der Waals surface area contributed by atoms with Crippen molar-refractivity contribution in [2.75, 3.05) is 11.1 Å². The van der Waals surface area contributed by atoms with Gasteiger partial charge in [-0.15, -0.1) is 11.8 Å². The Morgan fingerprint density at radius 1 is 1.32 bits per heavy atom. The fraction of sp³-hybridized carbons (Fsp3) is 0.286. The van der Waals surface area contributed by atoms with Crippen LogP contribution >= 0.6 is 11.8 Å². The van der Waals surface area contributed by atoms with Crippen LogP contribution in [0, 0.1) is 20.8 Å². The van der Waals surface area contributed by atoms with Crippen LogP contribution in [0.25, 0.3) is 0 Å². The van der Waals surface area contributed by atoms with Crippen molar-refractivity contribution in [1.29, 1.82) is 0 Å². The summed E-state index contributed by atoms with van der Waals surface area (Å²) >= 11 is 1.54. The van der Waals surface area contributed by atoms with Gasteiger partial charge in [-0.2, -0.15) is 5.10 Å². The second-order valence-corrected chi connectivity index (χ2v) is 5.44. The lowest BCUT2D eigenvalue weighted by molar-refractivity contribution is -0.113. The number of hydrogen-bond acceptors (Lipinski definition) is 3. The molecule has 0 spiro atoms. The van der Waals surface area contributed by atoms with Gasteiger partial charge in [0.05, 0.1) is 5.75 Å². The predicted octanol–water partition coefficient (Wildman–Crippen LogP) is 3.07.